The van der Waals surface area contributed by atoms with Crippen LogP contribution >= 0.6 is 0 Å². The second kappa shape index (κ2) is 6.71. The molecule has 0 unspecified atom stereocenters. The van der Waals surface area contributed by atoms with Crippen molar-refractivity contribution in [2.24, 2.45) is 0 Å². The zero-order valence-corrected chi connectivity index (χ0v) is 7.81. The van der Waals surface area contributed by atoms with Crippen molar-refractivity contribution in [2.75, 3.05) is 19.7 Å². The van der Waals surface area contributed by atoms with Gasteiger partial charge < -0.3 is 14.7 Å². The lowest BCUT2D eigenvalue weighted by atomic mass is 10.5. The van der Waals surface area contributed by atoms with Gasteiger partial charge in [0.05, 0.1) is 6.54 Å². The Morgan fingerprint density at radius 2 is 2.07 bits per heavy atom. The Balaban J connectivity index is 3.82. The number of carboxylic acid groups (broad SMARTS) is 1. The van der Waals surface area contributed by atoms with Crippen LogP contribution in [0.2, 0.25) is 0 Å². The average Bonchev–Trinajstić information content (AvgIpc) is 2.16. The lowest BCUT2D eigenvalue weighted by molar-refractivity contribution is -0.138. The highest BCUT2D eigenvalue weighted by molar-refractivity contribution is 5.81. The highest BCUT2D eigenvalue weighted by Gasteiger charge is 2.09. The summed E-state index contributed by atoms with van der Waals surface area (Å²) in [6.07, 6.45) is 1.42. The highest BCUT2D eigenvalue weighted by Crippen LogP contribution is 1.90. The summed E-state index contributed by atoms with van der Waals surface area (Å²) in [5.74, 6) is -0.561. The minimum atomic E-state index is -1.07. The average molecular weight is 199 g/mol. The Kier molecular flexibility index (Phi) is 5.85. The van der Waals surface area contributed by atoms with Gasteiger partial charge in [0.1, 0.15) is 6.61 Å². The molecular formula is C9H13NO4. The first kappa shape index (κ1) is 12.2. The van der Waals surface area contributed by atoms with Crippen LogP contribution in [-0.2, 0) is 9.53 Å². The molecule has 0 aromatic carbocycles. The molecule has 0 aromatic rings. The SMILES string of the molecule is C=CCN(CCOC(=O)C=C)C(=O)O. The van der Waals surface area contributed by atoms with E-state index in [9.17, 15) is 9.59 Å². The molecule has 1 N–H and O–H groups in total. The van der Waals surface area contributed by atoms with Crippen molar-refractivity contribution in [1.29, 1.82) is 0 Å². The third-order valence-corrected chi connectivity index (χ3v) is 1.39. The lowest BCUT2D eigenvalue weighted by Crippen LogP contribution is -2.33. The smallest absolute Gasteiger partial charge is 0.407 e. The Bertz CT molecular complexity index is 237. The first-order chi connectivity index (χ1) is 6.61. The van der Waals surface area contributed by atoms with E-state index in [0.717, 1.165) is 11.0 Å². The van der Waals surface area contributed by atoms with Gasteiger partial charge in [-0.1, -0.05) is 12.7 Å². The molecule has 0 aliphatic rings. The maximum atomic E-state index is 10.6. The van der Waals surface area contributed by atoms with Crippen molar-refractivity contribution in [3.63, 3.8) is 0 Å². The molecule has 0 aliphatic carbocycles. The summed E-state index contributed by atoms with van der Waals surface area (Å²) in [7, 11) is 0. The molecule has 0 saturated carbocycles. The maximum absolute atomic E-state index is 10.6. The fraction of sp³-hybridized carbons (Fsp3) is 0.333. The number of carbonyl (C=O) groups excluding carboxylic acids is 1. The van der Waals surface area contributed by atoms with Gasteiger partial charge in [-0.2, -0.15) is 0 Å². The Morgan fingerprint density at radius 3 is 2.50 bits per heavy atom. The van der Waals surface area contributed by atoms with Gasteiger partial charge in [-0.15, -0.1) is 6.58 Å². The fourth-order valence-corrected chi connectivity index (χ4v) is 0.736. The number of hydrogen-bond acceptors (Lipinski definition) is 3. The van der Waals surface area contributed by atoms with Crippen LogP contribution < -0.4 is 0 Å². The number of nitrogens with zero attached hydrogens (tertiary/aromatic N) is 1. The van der Waals surface area contributed by atoms with E-state index < -0.39 is 12.1 Å². The maximum Gasteiger partial charge on any atom is 0.407 e. The predicted molar refractivity (Wildman–Crippen MR) is 51.0 cm³/mol. The van der Waals surface area contributed by atoms with E-state index in [1.165, 1.54) is 6.08 Å². The number of rotatable bonds is 6. The molecule has 0 aromatic heterocycles. The lowest BCUT2D eigenvalue weighted by Gasteiger charge is -2.16. The predicted octanol–water partition coefficient (Wildman–Crippen LogP) is 0.882. The van der Waals surface area contributed by atoms with E-state index >= 15 is 0 Å². The summed E-state index contributed by atoms with van der Waals surface area (Å²) in [6, 6.07) is 0. The van der Waals surface area contributed by atoms with Crippen LogP contribution in [0, 0.1) is 0 Å². The van der Waals surface area contributed by atoms with E-state index in [4.69, 9.17) is 5.11 Å². The van der Waals surface area contributed by atoms with Crippen LogP contribution in [0.5, 0.6) is 0 Å². The van der Waals surface area contributed by atoms with E-state index in [0.29, 0.717) is 0 Å². The quantitative estimate of drug-likeness (QED) is 0.392. The topological polar surface area (TPSA) is 66.8 Å². The standard InChI is InChI=1S/C9H13NO4/c1-3-5-10(9(12)13)6-7-14-8(11)4-2/h3-4H,1-2,5-7H2,(H,12,13). The number of ether oxygens (including phenoxy) is 1. The third-order valence-electron chi connectivity index (χ3n) is 1.39. The van der Waals surface area contributed by atoms with E-state index in [-0.39, 0.29) is 19.7 Å². The summed E-state index contributed by atoms with van der Waals surface area (Å²) in [4.78, 5) is 22.2. The molecule has 0 spiro atoms. The molecule has 78 valence electrons. The molecule has 5 nitrogen and oxygen atoms in total. The van der Waals surface area contributed by atoms with Crippen LogP contribution in [0.4, 0.5) is 4.79 Å². The zero-order chi connectivity index (χ0) is 11.0. The molecule has 0 atom stereocenters. The fourth-order valence-electron chi connectivity index (χ4n) is 0.736. The Labute approximate surface area is 82.3 Å². The van der Waals surface area contributed by atoms with Gasteiger partial charge in [0.25, 0.3) is 0 Å². The van der Waals surface area contributed by atoms with Crippen molar-refractivity contribution >= 4 is 12.1 Å². The normalized spacial score (nSPS) is 8.86. The summed E-state index contributed by atoms with van der Waals surface area (Å²) in [5, 5.41) is 8.64. The molecule has 5 heteroatoms. The van der Waals surface area contributed by atoms with Gasteiger partial charge in [0, 0.05) is 12.6 Å². The summed E-state index contributed by atoms with van der Waals surface area (Å²) >= 11 is 0. The number of amides is 1. The molecule has 0 saturated heterocycles. The molecule has 14 heavy (non-hydrogen) atoms. The highest BCUT2D eigenvalue weighted by atomic mass is 16.5. The second-order valence-electron chi connectivity index (χ2n) is 2.39. The Morgan fingerprint density at radius 1 is 1.43 bits per heavy atom. The Hall–Kier alpha value is -1.78. The summed E-state index contributed by atoms with van der Waals surface area (Å²) in [5.41, 5.74) is 0. The molecule has 0 aliphatic heterocycles. The molecule has 0 radical (unpaired) electrons. The van der Waals surface area contributed by atoms with Gasteiger partial charge in [-0.05, 0) is 0 Å². The monoisotopic (exact) mass is 199 g/mol. The van der Waals surface area contributed by atoms with Crippen molar-refractivity contribution in [2.45, 2.75) is 0 Å². The van der Waals surface area contributed by atoms with Crippen molar-refractivity contribution in [3.8, 4) is 0 Å². The first-order valence-corrected chi connectivity index (χ1v) is 3.99. The first-order valence-electron chi connectivity index (χ1n) is 3.99. The van der Waals surface area contributed by atoms with E-state index in [2.05, 4.69) is 17.9 Å². The molecule has 0 rings (SSSR count). The van der Waals surface area contributed by atoms with Crippen LogP contribution in [0.3, 0.4) is 0 Å². The van der Waals surface area contributed by atoms with Gasteiger partial charge >= 0.3 is 12.1 Å². The van der Waals surface area contributed by atoms with Gasteiger partial charge in [-0.25, -0.2) is 9.59 Å². The number of hydrogen-bond donors (Lipinski definition) is 1. The van der Waals surface area contributed by atoms with Gasteiger partial charge in [0.15, 0.2) is 0 Å². The number of esters is 1. The third kappa shape index (κ3) is 4.97. The molecule has 0 fully saturated rings. The van der Waals surface area contributed by atoms with Crippen LogP contribution in [-0.4, -0.2) is 41.8 Å². The minimum absolute atomic E-state index is 0.0188. The van der Waals surface area contributed by atoms with Gasteiger partial charge in [-0.3, -0.25) is 0 Å². The summed E-state index contributed by atoms with van der Waals surface area (Å²) in [6.45, 7) is 6.98. The van der Waals surface area contributed by atoms with Crippen molar-refractivity contribution in [1.82, 2.24) is 4.90 Å². The van der Waals surface area contributed by atoms with Crippen LogP contribution in [0.25, 0.3) is 0 Å². The van der Waals surface area contributed by atoms with Crippen LogP contribution in [0.15, 0.2) is 25.3 Å². The molecule has 0 bridgehead atoms. The second-order valence-corrected chi connectivity index (χ2v) is 2.39. The van der Waals surface area contributed by atoms with E-state index in [1.54, 1.807) is 0 Å². The van der Waals surface area contributed by atoms with Gasteiger partial charge in [0.2, 0.25) is 0 Å². The zero-order valence-electron chi connectivity index (χ0n) is 7.81. The summed E-state index contributed by atoms with van der Waals surface area (Å²) < 4.78 is 4.62. The van der Waals surface area contributed by atoms with Crippen molar-refractivity contribution < 1.29 is 19.4 Å². The largest absolute Gasteiger partial charge is 0.465 e. The number of carbonyl (C=O) groups is 2. The minimum Gasteiger partial charge on any atom is -0.465 e. The van der Waals surface area contributed by atoms with Crippen molar-refractivity contribution in [3.05, 3.63) is 25.3 Å². The molecule has 0 heterocycles. The van der Waals surface area contributed by atoms with Crippen LogP contribution in [0.1, 0.15) is 0 Å². The molecule has 1 amide bonds. The van der Waals surface area contributed by atoms with E-state index in [1.807, 2.05) is 0 Å². The molecular weight excluding hydrogens is 186 g/mol.